The van der Waals surface area contributed by atoms with Crippen LogP contribution in [-0.4, -0.2) is 38.3 Å². The van der Waals surface area contributed by atoms with E-state index in [1.54, 1.807) is 0 Å². The topological polar surface area (TPSA) is 50.2 Å². The van der Waals surface area contributed by atoms with Gasteiger partial charge in [-0.15, -0.1) is 0 Å². The maximum Gasteiger partial charge on any atom is 0.0537 e. The average molecular weight is 197 g/mol. The highest BCUT2D eigenvalue weighted by Crippen LogP contribution is 2.08. The van der Waals surface area contributed by atoms with Gasteiger partial charge in [0.2, 0.25) is 0 Å². The van der Waals surface area contributed by atoms with Gasteiger partial charge in [-0.1, -0.05) is 6.42 Å². The van der Waals surface area contributed by atoms with Gasteiger partial charge in [0.25, 0.3) is 0 Å². The molecule has 0 aromatic heterocycles. The Morgan fingerprint density at radius 2 is 2.07 bits per heavy atom. The smallest absolute Gasteiger partial charge is 0.0537 e. The molecule has 0 aromatic carbocycles. The Morgan fingerprint density at radius 1 is 1.07 bits per heavy atom. The van der Waals surface area contributed by atoms with E-state index in [1.165, 1.54) is 25.7 Å². The predicted molar refractivity (Wildman–Crippen MR) is 57.1 cm³/mol. The van der Waals surface area contributed by atoms with E-state index in [4.69, 9.17) is 5.32 Å². The van der Waals surface area contributed by atoms with Crippen LogP contribution in [0.5, 0.6) is 0 Å². The zero-order chi connectivity index (χ0) is 9.64. The summed E-state index contributed by atoms with van der Waals surface area (Å²) in [5.74, 6) is 0. The molecule has 3 N–H and O–H groups in total. The fourth-order valence-electron chi connectivity index (χ4n) is 2.19. The van der Waals surface area contributed by atoms with Gasteiger partial charge in [-0.2, -0.15) is 0 Å². The molecule has 2 aliphatic heterocycles. The Balaban J connectivity index is 1.83. The Bertz CT molecular complexity index is 128. The summed E-state index contributed by atoms with van der Waals surface area (Å²) in [6.45, 7) is 4.28. The Kier molecular flexibility index (Phi) is 4.19. The lowest BCUT2D eigenvalue weighted by Gasteiger charge is -2.25. The van der Waals surface area contributed by atoms with Gasteiger partial charge in [-0.3, -0.25) is 10.9 Å². The SMILES string of the molecule is C1C[N]C(C2CCCCNN2)CNC1. The summed E-state index contributed by atoms with van der Waals surface area (Å²) in [5.41, 5.74) is 6.67. The van der Waals surface area contributed by atoms with Crippen molar-refractivity contribution in [1.29, 1.82) is 0 Å². The average Bonchev–Trinajstić information content (AvgIpc) is 2.62. The number of hydrazine groups is 1. The minimum Gasteiger partial charge on any atom is -0.315 e. The van der Waals surface area contributed by atoms with Crippen molar-refractivity contribution in [3.8, 4) is 0 Å². The molecule has 0 aliphatic carbocycles. The van der Waals surface area contributed by atoms with E-state index < -0.39 is 0 Å². The van der Waals surface area contributed by atoms with Crippen molar-refractivity contribution in [3.63, 3.8) is 0 Å². The van der Waals surface area contributed by atoms with E-state index in [1.807, 2.05) is 0 Å². The van der Waals surface area contributed by atoms with Gasteiger partial charge in [0.05, 0.1) is 6.04 Å². The molecule has 0 amide bonds. The third-order valence-electron chi connectivity index (χ3n) is 3.05. The van der Waals surface area contributed by atoms with Gasteiger partial charge in [0.1, 0.15) is 0 Å². The van der Waals surface area contributed by atoms with Crippen LogP contribution >= 0.6 is 0 Å². The highest BCUT2D eigenvalue weighted by molar-refractivity contribution is 4.85. The molecule has 0 saturated carbocycles. The second kappa shape index (κ2) is 5.66. The molecule has 1 radical (unpaired) electrons. The van der Waals surface area contributed by atoms with Crippen LogP contribution in [0.4, 0.5) is 0 Å². The highest BCUT2D eigenvalue weighted by Gasteiger charge is 2.23. The van der Waals surface area contributed by atoms with E-state index in [-0.39, 0.29) is 0 Å². The van der Waals surface area contributed by atoms with Crippen LogP contribution in [0.15, 0.2) is 0 Å². The van der Waals surface area contributed by atoms with E-state index in [9.17, 15) is 0 Å². The molecule has 2 rings (SSSR count). The zero-order valence-corrected chi connectivity index (χ0v) is 8.76. The molecule has 2 aliphatic rings. The van der Waals surface area contributed by atoms with E-state index in [2.05, 4.69) is 16.2 Å². The normalized spacial score (nSPS) is 36.0. The molecule has 0 aromatic rings. The van der Waals surface area contributed by atoms with Crippen molar-refractivity contribution < 1.29 is 0 Å². The predicted octanol–water partition coefficient (Wildman–Crippen LogP) is -0.401. The molecule has 4 heteroatoms. The van der Waals surface area contributed by atoms with Crippen molar-refractivity contribution in [1.82, 2.24) is 21.5 Å². The van der Waals surface area contributed by atoms with Crippen LogP contribution in [-0.2, 0) is 0 Å². The quantitative estimate of drug-likeness (QED) is 0.536. The molecule has 2 atom stereocenters. The van der Waals surface area contributed by atoms with Crippen LogP contribution in [0.25, 0.3) is 0 Å². The first-order chi connectivity index (χ1) is 6.97. The molecule has 2 saturated heterocycles. The van der Waals surface area contributed by atoms with Gasteiger partial charge >= 0.3 is 0 Å². The first kappa shape index (κ1) is 10.4. The number of hydrogen-bond donors (Lipinski definition) is 3. The van der Waals surface area contributed by atoms with Crippen molar-refractivity contribution in [2.24, 2.45) is 0 Å². The van der Waals surface area contributed by atoms with Crippen LogP contribution in [0, 0.1) is 0 Å². The van der Waals surface area contributed by atoms with Crippen LogP contribution < -0.4 is 21.5 Å². The summed E-state index contributed by atoms with van der Waals surface area (Å²) in [6, 6.07) is 0.992. The lowest BCUT2D eigenvalue weighted by atomic mass is 10.0. The zero-order valence-electron chi connectivity index (χ0n) is 8.76. The maximum absolute atomic E-state index is 4.72. The van der Waals surface area contributed by atoms with Gasteiger partial charge in [0.15, 0.2) is 0 Å². The van der Waals surface area contributed by atoms with Crippen LogP contribution in [0.2, 0.25) is 0 Å². The summed E-state index contributed by atoms with van der Waals surface area (Å²) in [6.07, 6.45) is 5.04. The largest absolute Gasteiger partial charge is 0.315 e. The highest BCUT2D eigenvalue weighted by atomic mass is 15.4. The fraction of sp³-hybridized carbons (Fsp3) is 1.00. The number of hydrogen-bond acceptors (Lipinski definition) is 3. The van der Waals surface area contributed by atoms with Gasteiger partial charge in [-0.05, 0) is 25.8 Å². The summed E-state index contributed by atoms with van der Waals surface area (Å²) >= 11 is 0. The number of nitrogens with zero attached hydrogens (tertiary/aromatic N) is 1. The van der Waals surface area contributed by atoms with Crippen LogP contribution in [0.1, 0.15) is 25.7 Å². The minimum atomic E-state index is 0.461. The molecule has 0 bridgehead atoms. The molecule has 2 fully saturated rings. The molecule has 81 valence electrons. The Labute approximate surface area is 86.2 Å². The first-order valence-electron chi connectivity index (χ1n) is 5.82. The maximum atomic E-state index is 4.72. The molecule has 14 heavy (non-hydrogen) atoms. The van der Waals surface area contributed by atoms with E-state index in [0.717, 1.165) is 26.2 Å². The monoisotopic (exact) mass is 197 g/mol. The summed E-state index contributed by atoms with van der Waals surface area (Å²) in [7, 11) is 0. The molecule has 2 heterocycles. The molecule has 2 unspecified atom stereocenters. The van der Waals surface area contributed by atoms with Gasteiger partial charge in [-0.25, -0.2) is 5.32 Å². The Morgan fingerprint density at radius 3 is 3.07 bits per heavy atom. The third kappa shape index (κ3) is 2.92. The fourth-order valence-corrected chi connectivity index (χ4v) is 2.19. The van der Waals surface area contributed by atoms with E-state index >= 15 is 0 Å². The lowest BCUT2D eigenvalue weighted by Crippen LogP contribution is -2.52. The van der Waals surface area contributed by atoms with Crippen molar-refractivity contribution in [2.75, 3.05) is 26.2 Å². The second-order valence-corrected chi connectivity index (χ2v) is 4.20. The lowest BCUT2D eigenvalue weighted by molar-refractivity contribution is 0.336. The molecule has 4 nitrogen and oxygen atoms in total. The Hall–Kier alpha value is -0.160. The van der Waals surface area contributed by atoms with Gasteiger partial charge in [0, 0.05) is 25.7 Å². The summed E-state index contributed by atoms with van der Waals surface area (Å²) in [4.78, 5) is 0. The van der Waals surface area contributed by atoms with Crippen molar-refractivity contribution in [2.45, 2.75) is 37.8 Å². The number of nitrogens with one attached hydrogen (secondary N) is 3. The van der Waals surface area contributed by atoms with Gasteiger partial charge < -0.3 is 5.32 Å². The first-order valence-corrected chi connectivity index (χ1v) is 5.82. The standard InChI is InChI=1S/C10H21N4/c1-2-7-13-14-9(4-1)10-8-11-5-3-6-12-10/h9-11,13-14H,1-8H2. The molecular weight excluding hydrogens is 176 g/mol. The second-order valence-electron chi connectivity index (χ2n) is 4.20. The van der Waals surface area contributed by atoms with Crippen molar-refractivity contribution in [3.05, 3.63) is 0 Å². The summed E-state index contributed by atoms with van der Waals surface area (Å²) in [5, 5.41) is 8.18. The molecular formula is C10H21N4. The van der Waals surface area contributed by atoms with Crippen molar-refractivity contribution >= 4 is 0 Å². The van der Waals surface area contributed by atoms with E-state index in [0.29, 0.717) is 12.1 Å². The third-order valence-corrected chi connectivity index (χ3v) is 3.05. The molecule has 0 spiro atoms. The summed E-state index contributed by atoms with van der Waals surface area (Å²) < 4.78 is 0. The number of rotatable bonds is 1. The minimum absolute atomic E-state index is 0.461. The van der Waals surface area contributed by atoms with Crippen LogP contribution in [0.3, 0.4) is 0 Å².